The highest BCUT2D eigenvalue weighted by molar-refractivity contribution is 6.36. The van der Waals surface area contributed by atoms with Crippen molar-refractivity contribution in [2.45, 2.75) is 19.9 Å². The van der Waals surface area contributed by atoms with Crippen molar-refractivity contribution in [3.8, 4) is 0 Å². The lowest BCUT2D eigenvalue weighted by Crippen LogP contribution is -2.50. The third kappa shape index (κ3) is 6.32. The predicted molar refractivity (Wildman–Crippen MR) is 135 cm³/mol. The Morgan fingerprint density at radius 2 is 1.81 bits per heavy atom. The van der Waals surface area contributed by atoms with Gasteiger partial charge in [0.25, 0.3) is 0 Å². The molecule has 0 unspecified atom stereocenters. The molecule has 32 heavy (non-hydrogen) atoms. The molecular formula is C24H29Cl3N4O. The Morgan fingerprint density at radius 3 is 2.44 bits per heavy atom. The maximum absolute atomic E-state index is 11.4. The number of nitrogens with zero attached hydrogens (tertiary/aromatic N) is 3. The lowest BCUT2D eigenvalue weighted by atomic mass is 10.0. The summed E-state index contributed by atoms with van der Waals surface area (Å²) in [5.41, 5.74) is 8.11. The number of rotatable bonds is 8. The number of likely N-dealkylation sites (N-methyl/N-ethyl adjacent to an activating group) is 1. The molecule has 8 heteroatoms. The van der Waals surface area contributed by atoms with Gasteiger partial charge in [0.1, 0.15) is 0 Å². The lowest BCUT2D eigenvalue weighted by molar-refractivity contribution is -0.114. The summed E-state index contributed by atoms with van der Waals surface area (Å²) in [7, 11) is 0. The molecule has 2 aromatic carbocycles. The minimum absolute atomic E-state index is 0.123. The molecule has 1 saturated heterocycles. The number of halogens is 3. The van der Waals surface area contributed by atoms with Crippen LogP contribution in [0.3, 0.4) is 0 Å². The quantitative estimate of drug-likeness (QED) is 0.510. The number of hydrogen-bond acceptors (Lipinski definition) is 4. The molecule has 172 valence electrons. The Bertz CT molecular complexity index is 964. The van der Waals surface area contributed by atoms with Gasteiger partial charge in [0.15, 0.2) is 0 Å². The Labute approximate surface area is 205 Å². The van der Waals surface area contributed by atoms with E-state index in [1.165, 1.54) is 5.56 Å². The fourth-order valence-corrected chi connectivity index (χ4v) is 4.58. The van der Waals surface area contributed by atoms with E-state index in [1.807, 2.05) is 30.5 Å². The molecule has 0 radical (unpaired) electrons. The van der Waals surface area contributed by atoms with Gasteiger partial charge in [-0.25, -0.2) is 0 Å². The fraction of sp³-hybridized carbons (Fsp3) is 0.375. The number of hydrogen-bond donors (Lipinski definition) is 1. The summed E-state index contributed by atoms with van der Waals surface area (Å²) in [6, 6.07) is 13.8. The van der Waals surface area contributed by atoms with Gasteiger partial charge in [-0.3, -0.25) is 9.69 Å². The van der Waals surface area contributed by atoms with Crippen LogP contribution in [0.1, 0.15) is 25.5 Å². The summed E-state index contributed by atoms with van der Waals surface area (Å²) >= 11 is 18.8. The normalized spacial score (nSPS) is 17.5. The highest BCUT2D eigenvalue weighted by atomic mass is 35.5. The maximum Gasteiger partial charge on any atom is 0.245 e. The number of piperazine rings is 1. The van der Waals surface area contributed by atoms with E-state index in [1.54, 1.807) is 13.0 Å². The van der Waals surface area contributed by atoms with Crippen LogP contribution in [0, 0.1) is 0 Å². The second kappa shape index (κ2) is 11.3. The SMILES string of the molecule is CCN(/C=C(\C)C(N)=O)CCN1CCN(c2ccc(Cl)cc2Cl)[C@H](c2ccc(Cl)cc2)C1. The van der Waals surface area contributed by atoms with Gasteiger partial charge >= 0.3 is 0 Å². The van der Waals surface area contributed by atoms with Crippen LogP contribution in [0.25, 0.3) is 0 Å². The number of carbonyl (C=O) groups excluding carboxylic acids is 1. The van der Waals surface area contributed by atoms with E-state index in [2.05, 4.69) is 33.8 Å². The van der Waals surface area contributed by atoms with Gasteiger partial charge in [0.05, 0.1) is 16.8 Å². The zero-order valence-corrected chi connectivity index (χ0v) is 20.7. The second-order valence-electron chi connectivity index (χ2n) is 7.96. The largest absolute Gasteiger partial charge is 0.376 e. The van der Waals surface area contributed by atoms with Crippen molar-refractivity contribution in [1.82, 2.24) is 9.80 Å². The van der Waals surface area contributed by atoms with Crippen molar-refractivity contribution in [2.24, 2.45) is 5.73 Å². The summed E-state index contributed by atoms with van der Waals surface area (Å²) in [4.78, 5) is 18.3. The molecule has 1 fully saturated rings. The first kappa shape index (κ1) is 24.7. The molecular weight excluding hydrogens is 467 g/mol. The summed E-state index contributed by atoms with van der Waals surface area (Å²) in [5.74, 6) is -0.389. The van der Waals surface area contributed by atoms with E-state index in [0.29, 0.717) is 20.6 Å². The van der Waals surface area contributed by atoms with E-state index in [9.17, 15) is 4.79 Å². The van der Waals surface area contributed by atoms with Crippen LogP contribution in [-0.4, -0.2) is 55.0 Å². The topological polar surface area (TPSA) is 52.8 Å². The smallest absolute Gasteiger partial charge is 0.245 e. The average Bonchev–Trinajstić information content (AvgIpc) is 2.77. The second-order valence-corrected chi connectivity index (χ2v) is 9.24. The minimum atomic E-state index is -0.389. The number of amides is 1. The standard InChI is InChI=1S/C24H29Cl3N4O/c1-3-29(15-17(2)24(28)32)10-11-30-12-13-31(22-9-8-20(26)14-21(22)27)23(16-30)18-4-6-19(25)7-5-18/h4-9,14-15,23H,3,10-13,16H2,1-2H3,(H2,28,32)/b17-15+/t23-/m0/s1. The predicted octanol–water partition coefficient (Wildman–Crippen LogP) is 5.22. The lowest BCUT2D eigenvalue weighted by Gasteiger charge is -2.44. The third-order valence-electron chi connectivity index (χ3n) is 5.81. The average molecular weight is 496 g/mol. The van der Waals surface area contributed by atoms with Crippen LogP contribution >= 0.6 is 34.8 Å². The molecule has 0 aliphatic carbocycles. The van der Waals surface area contributed by atoms with Crippen LogP contribution in [-0.2, 0) is 4.79 Å². The van der Waals surface area contributed by atoms with E-state index in [4.69, 9.17) is 40.5 Å². The van der Waals surface area contributed by atoms with Crippen LogP contribution < -0.4 is 10.6 Å². The molecule has 2 aromatic rings. The number of carbonyl (C=O) groups is 1. The van der Waals surface area contributed by atoms with Gasteiger partial charge < -0.3 is 15.5 Å². The minimum Gasteiger partial charge on any atom is -0.376 e. The Hall–Kier alpha value is -1.92. The number of anilines is 1. The van der Waals surface area contributed by atoms with Crippen LogP contribution in [0.5, 0.6) is 0 Å². The van der Waals surface area contributed by atoms with Crippen molar-refractivity contribution in [2.75, 3.05) is 44.2 Å². The molecule has 1 amide bonds. The van der Waals surface area contributed by atoms with Crippen LogP contribution in [0.2, 0.25) is 15.1 Å². The van der Waals surface area contributed by atoms with E-state index in [-0.39, 0.29) is 11.9 Å². The molecule has 1 aliphatic heterocycles. The van der Waals surface area contributed by atoms with Gasteiger partial charge in [0, 0.05) is 61.1 Å². The Morgan fingerprint density at radius 1 is 1.12 bits per heavy atom. The van der Waals surface area contributed by atoms with Crippen molar-refractivity contribution in [3.63, 3.8) is 0 Å². The molecule has 2 N–H and O–H groups in total. The van der Waals surface area contributed by atoms with Crippen molar-refractivity contribution < 1.29 is 4.79 Å². The summed E-state index contributed by atoms with van der Waals surface area (Å²) < 4.78 is 0. The molecule has 0 spiro atoms. The van der Waals surface area contributed by atoms with Crippen LogP contribution in [0.4, 0.5) is 5.69 Å². The van der Waals surface area contributed by atoms with Gasteiger partial charge in [-0.05, 0) is 49.7 Å². The maximum atomic E-state index is 11.4. The Kier molecular flexibility index (Phi) is 8.72. The van der Waals surface area contributed by atoms with Crippen molar-refractivity contribution in [3.05, 3.63) is 74.9 Å². The van der Waals surface area contributed by atoms with Crippen LogP contribution in [0.15, 0.2) is 54.2 Å². The zero-order valence-electron chi connectivity index (χ0n) is 18.4. The zero-order chi connectivity index (χ0) is 23.3. The first-order chi connectivity index (χ1) is 15.3. The van der Waals surface area contributed by atoms with Crippen molar-refractivity contribution >= 4 is 46.4 Å². The van der Waals surface area contributed by atoms with Gasteiger partial charge in [-0.15, -0.1) is 0 Å². The van der Waals surface area contributed by atoms with E-state index < -0.39 is 0 Å². The summed E-state index contributed by atoms with van der Waals surface area (Å²) in [6.45, 7) is 8.90. The monoisotopic (exact) mass is 494 g/mol. The fourth-order valence-electron chi connectivity index (χ4n) is 3.94. The third-order valence-corrected chi connectivity index (χ3v) is 6.60. The highest BCUT2D eigenvalue weighted by Gasteiger charge is 2.29. The number of nitrogens with two attached hydrogens (primary N) is 1. The van der Waals surface area contributed by atoms with Gasteiger partial charge in [0.2, 0.25) is 5.91 Å². The molecule has 3 rings (SSSR count). The highest BCUT2D eigenvalue weighted by Crippen LogP contribution is 2.36. The molecule has 1 aliphatic rings. The van der Waals surface area contributed by atoms with E-state index >= 15 is 0 Å². The Balaban J connectivity index is 1.78. The number of primary amides is 1. The summed E-state index contributed by atoms with van der Waals surface area (Å²) in [6.07, 6.45) is 1.85. The first-order valence-electron chi connectivity index (χ1n) is 10.7. The molecule has 0 bridgehead atoms. The van der Waals surface area contributed by atoms with Gasteiger partial charge in [-0.2, -0.15) is 0 Å². The summed E-state index contributed by atoms with van der Waals surface area (Å²) in [5, 5.41) is 1.99. The molecule has 0 aromatic heterocycles. The molecule has 1 heterocycles. The number of benzene rings is 2. The molecule has 1 atom stereocenters. The molecule has 0 saturated carbocycles. The van der Waals surface area contributed by atoms with Gasteiger partial charge in [-0.1, -0.05) is 46.9 Å². The van der Waals surface area contributed by atoms with E-state index in [0.717, 1.165) is 45.0 Å². The molecule has 5 nitrogen and oxygen atoms in total. The van der Waals surface area contributed by atoms with Crippen molar-refractivity contribution in [1.29, 1.82) is 0 Å². The first-order valence-corrected chi connectivity index (χ1v) is 11.8.